The van der Waals surface area contributed by atoms with Gasteiger partial charge in [0.15, 0.2) is 6.61 Å². The lowest BCUT2D eigenvalue weighted by molar-refractivity contribution is -0.148. The molecule has 0 saturated carbocycles. The highest BCUT2D eigenvalue weighted by Crippen LogP contribution is 2.21. The first-order chi connectivity index (χ1) is 14.9. The number of sulfonamides is 1. The Morgan fingerprint density at radius 2 is 1.71 bits per heavy atom. The second kappa shape index (κ2) is 10.5. The van der Waals surface area contributed by atoms with E-state index < -0.39 is 16.0 Å². The topological polar surface area (TPSA) is 92.8 Å². The van der Waals surface area contributed by atoms with Crippen LogP contribution in [0.5, 0.6) is 0 Å². The van der Waals surface area contributed by atoms with Gasteiger partial charge in [-0.15, -0.1) is 0 Å². The summed E-state index contributed by atoms with van der Waals surface area (Å²) in [5.74, 6) is -0.826. The third kappa shape index (κ3) is 6.38. The van der Waals surface area contributed by atoms with E-state index in [9.17, 15) is 18.0 Å². The SMILES string of the molecule is Cc1ccccc1CNC(=O)COC(=O)CCc1ccc(S(=O)(=O)N2CCCC2)cc1. The zero-order valence-corrected chi connectivity index (χ0v) is 18.5. The molecular weight excluding hydrogens is 416 g/mol. The monoisotopic (exact) mass is 444 g/mol. The largest absolute Gasteiger partial charge is 0.456 e. The number of carbonyl (C=O) groups excluding carboxylic acids is 2. The molecule has 0 atom stereocenters. The Morgan fingerprint density at radius 1 is 1.03 bits per heavy atom. The third-order valence-electron chi connectivity index (χ3n) is 5.35. The predicted octanol–water partition coefficient (Wildman–Crippen LogP) is 2.57. The van der Waals surface area contributed by atoms with Crippen LogP contribution in [-0.4, -0.2) is 44.3 Å². The Balaban J connectivity index is 1.40. The molecule has 0 radical (unpaired) electrons. The molecule has 8 heteroatoms. The molecule has 1 aliphatic heterocycles. The Bertz CT molecular complexity index is 1010. The first-order valence-corrected chi connectivity index (χ1v) is 11.9. The van der Waals surface area contributed by atoms with Gasteiger partial charge >= 0.3 is 5.97 Å². The maximum absolute atomic E-state index is 12.5. The minimum atomic E-state index is -3.44. The molecule has 3 rings (SSSR count). The fourth-order valence-corrected chi connectivity index (χ4v) is 4.94. The minimum absolute atomic E-state index is 0.114. The van der Waals surface area contributed by atoms with Crippen LogP contribution >= 0.6 is 0 Å². The maximum atomic E-state index is 12.5. The summed E-state index contributed by atoms with van der Waals surface area (Å²) in [7, 11) is -3.44. The highest BCUT2D eigenvalue weighted by Gasteiger charge is 2.26. The second-order valence-electron chi connectivity index (χ2n) is 7.62. The van der Waals surface area contributed by atoms with Crippen LogP contribution in [0.3, 0.4) is 0 Å². The van der Waals surface area contributed by atoms with Crippen LogP contribution in [0.4, 0.5) is 0 Å². The predicted molar refractivity (Wildman–Crippen MR) is 117 cm³/mol. The lowest BCUT2D eigenvalue weighted by Gasteiger charge is -2.15. The first-order valence-electron chi connectivity index (χ1n) is 10.4. The number of rotatable bonds is 9. The number of benzene rings is 2. The smallest absolute Gasteiger partial charge is 0.306 e. The van der Waals surface area contributed by atoms with Crippen LogP contribution in [0.2, 0.25) is 0 Å². The average Bonchev–Trinajstić information content (AvgIpc) is 3.32. The summed E-state index contributed by atoms with van der Waals surface area (Å²) in [4.78, 5) is 24.1. The summed E-state index contributed by atoms with van der Waals surface area (Å²) in [6.45, 7) is 3.16. The van der Waals surface area contributed by atoms with E-state index in [0.717, 1.165) is 29.5 Å². The van der Waals surface area contributed by atoms with Crippen molar-refractivity contribution in [3.05, 3.63) is 65.2 Å². The molecular formula is C23H28N2O5S. The summed E-state index contributed by atoms with van der Waals surface area (Å²) in [5, 5.41) is 2.74. The maximum Gasteiger partial charge on any atom is 0.306 e. The zero-order chi connectivity index (χ0) is 22.3. The third-order valence-corrected chi connectivity index (χ3v) is 7.26. The zero-order valence-electron chi connectivity index (χ0n) is 17.7. The molecule has 1 heterocycles. The van der Waals surface area contributed by atoms with Crippen molar-refractivity contribution in [2.75, 3.05) is 19.7 Å². The molecule has 2 aromatic carbocycles. The molecule has 0 bridgehead atoms. The quantitative estimate of drug-likeness (QED) is 0.600. The fourth-order valence-electron chi connectivity index (χ4n) is 3.42. The van der Waals surface area contributed by atoms with Crippen LogP contribution in [0.1, 0.15) is 36.0 Å². The Morgan fingerprint density at radius 3 is 2.39 bits per heavy atom. The molecule has 7 nitrogen and oxygen atoms in total. The molecule has 166 valence electrons. The summed E-state index contributed by atoms with van der Waals surface area (Å²) < 4.78 is 31.6. The Labute approximate surface area is 183 Å². The van der Waals surface area contributed by atoms with Crippen molar-refractivity contribution in [1.29, 1.82) is 0 Å². The van der Waals surface area contributed by atoms with Gasteiger partial charge in [0.1, 0.15) is 0 Å². The highest BCUT2D eigenvalue weighted by atomic mass is 32.2. The highest BCUT2D eigenvalue weighted by molar-refractivity contribution is 7.89. The van der Waals surface area contributed by atoms with Crippen molar-refractivity contribution in [1.82, 2.24) is 9.62 Å². The summed E-state index contributed by atoms with van der Waals surface area (Å²) in [5.41, 5.74) is 2.93. The van der Waals surface area contributed by atoms with Crippen LogP contribution in [-0.2, 0) is 37.3 Å². The number of nitrogens with zero attached hydrogens (tertiary/aromatic N) is 1. The van der Waals surface area contributed by atoms with Crippen LogP contribution in [0.15, 0.2) is 53.4 Å². The number of aryl methyl sites for hydroxylation is 2. The van der Waals surface area contributed by atoms with Crippen molar-refractivity contribution in [3.63, 3.8) is 0 Å². The number of esters is 1. The number of carbonyl (C=O) groups is 2. The van der Waals surface area contributed by atoms with Gasteiger partial charge in [-0.25, -0.2) is 8.42 Å². The van der Waals surface area contributed by atoms with Gasteiger partial charge in [0.25, 0.3) is 5.91 Å². The summed E-state index contributed by atoms with van der Waals surface area (Å²) >= 11 is 0. The Hall–Kier alpha value is -2.71. The average molecular weight is 445 g/mol. The molecule has 0 unspecified atom stereocenters. The van der Waals surface area contributed by atoms with Gasteiger partial charge in [-0.3, -0.25) is 9.59 Å². The van der Waals surface area contributed by atoms with Crippen LogP contribution < -0.4 is 5.32 Å². The number of amides is 1. The van der Waals surface area contributed by atoms with Gasteiger partial charge in [0.2, 0.25) is 10.0 Å². The molecule has 0 aliphatic carbocycles. The number of hydrogen-bond acceptors (Lipinski definition) is 5. The van der Waals surface area contributed by atoms with Crippen molar-refractivity contribution in [2.45, 2.75) is 44.0 Å². The second-order valence-corrected chi connectivity index (χ2v) is 9.56. The van der Waals surface area contributed by atoms with Crippen LogP contribution in [0.25, 0.3) is 0 Å². The lowest BCUT2D eigenvalue weighted by Crippen LogP contribution is -2.28. The van der Waals surface area contributed by atoms with Crippen molar-refractivity contribution in [2.24, 2.45) is 0 Å². The molecule has 0 aromatic heterocycles. The molecule has 1 saturated heterocycles. The molecule has 2 aromatic rings. The van der Waals surface area contributed by atoms with Crippen molar-refractivity contribution < 1.29 is 22.7 Å². The van der Waals surface area contributed by atoms with E-state index in [1.165, 1.54) is 4.31 Å². The van der Waals surface area contributed by atoms with Crippen molar-refractivity contribution in [3.8, 4) is 0 Å². The number of nitrogens with one attached hydrogen (secondary N) is 1. The Kier molecular flexibility index (Phi) is 7.81. The van der Waals surface area contributed by atoms with E-state index in [2.05, 4.69) is 5.32 Å². The number of ether oxygens (including phenoxy) is 1. The summed E-state index contributed by atoms with van der Waals surface area (Å²) in [6.07, 6.45) is 2.31. The van der Waals surface area contributed by atoms with Crippen molar-refractivity contribution >= 4 is 21.9 Å². The van der Waals surface area contributed by atoms with Gasteiger partial charge in [0.05, 0.1) is 4.90 Å². The minimum Gasteiger partial charge on any atom is -0.456 e. The van der Waals surface area contributed by atoms with E-state index in [0.29, 0.717) is 26.1 Å². The summed E-state index contributed by atoms with van der Waals surface area (Å²) in [6, 6.07) is 14.3. The molecule has 31 heavy (non-hydrogen) atoms. The molecule has 1 amide bonds. The molecule has 1 N–H and O–H groups in total. The van der Waals surface area contributed by atoms with E-state index in [4.69, 9.17) is 4.74 Å². The van der Waals surface area contributed by atoms with Gasteiger partial charge in [-0.2, -0.15) is 4.31 Å². The van der Waals surface area contributed by atoms with Crippen LogP contribution in [0, 0.1) is 6.92 Å². The van der Waals surface area contributed by atoms with E-state index in [1.54, 1.807) is 24.3 Å². The van der Waals surface area contributed by atoms with Gasteiger partial charge in [-0.05, 0) is 55.0 Å². The number of hydrogen-bond donors (Lipinski definition) is 1. The van der Waals surface area contributed by atoms with E-state index in [-0.39, 0.29) is 23.8 Å². The fraction of sp³-hybridized carbons (Fsp3) is 0.391. The first kappa shape index (κ1) is 23.0. The molecule has 1 fully saturated rings. The molecule has 1 aliphatic rings. The lowest BCUT2D eigenvalue weighted by atomic mass is 10.1. The molecule has 0 spiro atoms. The van der Waals surface area contributed by atoms with Gasteiger partial charge in [-0.1, -0.05) is 36.4 Å². The van der Waals surface area contributed by atoms with Gasteiger partial charge < -0.3 is 10.1 Å². The van der Waals surface area contributed by atoms with E-state index >= 15 is 0 Å². The van der Waals surface area contributed by atoms with Gasteiger partial charge in [0, 0.05) is 26.1 Å². The normalized spacial score (nSPS) is 14.4. The standard InChI is InChI=1S/C23H28N2O5S/c1-18-6-2-3-7-20(18)16-24-22(26)17-30-23(27)13-10-19-8-11-21(12-9-19)31(28,29)25-14-4-5-15-25/h2-3,6-9,11-12H,4-5,10,13-17H2,1H3,(H,24,26). The van der Waals surface area contributed by atoms with E-state index in [1.807, 2.05) is 31.2 Å².